The zero-order valence-electron chi connectivity index (χ0n) is 88.4. The summed E-state index contributed by atoms with van der Waals surface area (Å²) in [4.78, 5) is 11.1. The quantitative estimate of drug-likeness (QED) is 0.0184. The molecule has 0 fully saturated rings. The van der Waals surface area contributed by atoms with E-state index in [2.05, 4.69) is 265 Å². The van der Waals surface area contributed by atoms with Gasteiger partial charge in [0.05, 0.1) is 42.7 Å². The molecule has 36 heteroatoms. The molecule has 141 heavy (non-hydrogen) atoms. The normalized spacial score (nSPS) is 11.3. The average Bonchev–Trinajstić information content (AvgIpc) is 1.59. The molecule has 0 amide bonds. The van der Waals surface area contributed by atoms with Crippen LogP contribution in [0.2, 0.25) is 0 Å². The molecule has 2 aliphatic rings. The Morgan fingerprint density at radius 3 is 1.08 bits per heavy atom. The molecule has 0 aliphatic carbocycles. The van der Waals surface area contributed by atoms with Crippen molar-refractivity contribution >= 4 is 268 Å². The van der Waals surface area contributed by atoms with Crippen LogP contribution in [0.3, 0.4) is 0 Å². The predicted octanol–water partition coefficient (Wildman–Crippen LogP) is 41.4. The second kappa shape index (κ2) is 102. The number of hydrogen-bond acceptors (Lipinski definition) is 12. The maximum Gasteiger partial charge on any atom is 1.00 e. The third-order valence-corrected chi connectivity index (χ3v) is 118. The van der Waals surface area contributed by atoms with Crippen molar-refractivity contribution in [3.05, 3.63) is 387 Å². The molecule has 4 heterocycles. The number of halogens is 2. The third kappa shape index (κ3) is 61.3. The van der Waals surface area contributed by atoms with Gasteiger partial charge in [-0.2, -0.15) is 0 Å². The number of anilines is 9. The molecule has 15 unspecified atom stereocenters. The predicted molar refractivity (Wildman–Crippen MR) is 704 cm³/mol. The summed E-state index contributed by atoms with van der Waals surface area (Å²) in [6, 6.07) is 115. The number of pyridine rings is 1. The summed E-state index contributed by atoms with van der Waals surface area (Å²) < 4.78 is 18.8. The van der Waals surface area contributed by atoms with Crippen molar-refractivity contribution in [2.45, 2.75) is 148 Å². The van der Waals surface area contributed by atoms with E-state index in [1.165, 1.54) is 42.6 Å². The first kappa shape index (κ1) is 153. The van der Waals surface area contributed by atoms with E-state index in [1.54, 1.807) is 51.2 Å². The smallest absolute Gasteiger partial charge is 1.00 e. The number of benzene rings is 12. The minimum Gasteiger partial charge on any atom is -1.00 e. The largest absolute Gasteiger partial charge is 1.00 e. The van der Waals surface area contributed by atoms with E-state index >= 15 is 0 Å². The van der Waals surface area contributed by atoms with Crippen LogP contribution in [0.5, 0.6) is 17.2 Å². The summed E-state index contributed by atoms with van der Waals surface area (Å²) in [6.45, 7) is 46.0. The van der Waals surface area contributed by atoms with Crippen LogP contribution in [0, 0.1) is 7.43 Å². The number of ether oxygens (including phenoxy) is 2. The number of hydrogen-bond donors (Lipinski definition) is 4. The van der Waals surface area contributed by atoms with Gasteiger partial charge in [0.1, 0.15) is 27.3 Å². The third-order valence-electron chi connectivity index (χ3n) is 16.1. The molecular formula is C105H163BrClN7NaO4P19PdS2. The van der Waals surface area contributed by atoms with Gasteiger partial charge < -0.3 is 54.0 Å². The van der Waals surface area contributed by atoms with Gasteiger partial charge in [0.25, 0.3) is 5.52 Å². The summed E-state index contributed by atoms with van der Waals surface area (Å²) in [5.74, 6) is 1.84. The van der Waals surface area contributed by atoms with Crippen LogP contribution in [0.1, 0.15) is 140 Å². The molecule has 0 saturated carbocycles. The number of fused-ring (bicyclic) bond motifs is 3. The van der Waals surface area contributed by atoms with Gasteiger partial charge in [-0.05, 0) is 209 Å². The van der Waals surface area contributed by atoms with Crippen LogP contribution in [-0.4, -0.2) is 37.6 Å². The Balaban J connectivity index is -0.000000239. The Morgan fingerprint density at radius 1 is 0.411 bits per heavy atom. The molecule has 5 N–H and O–H groups in total. The second-order valence-electron chi connectivity index (χ2n) is 24.0. The number of thioether (sulfide) groups is 2. The minimum absolute atomic E-state index is 0. The van der Waals surface area contributed by atoms with Crippen molar-refractivity contribution in [2.24, 2.45) is 0 Å². The molecule has 11 nitrogen and oxygen atoms in total. The number of aromatic hydroxyl groups is 1. The molecule has 0 spiro atoms. The van der Waals surface area contributed by atoms with Crippen molar-refractivity contribution < 1.29 is 75.0 Å². The van der Waals surface area contributed by atoms with Gasteiger partial charge in [-0.15, -0.1) is 106 Å². The first-order valence-electron chi connectivity index (χ1n) is 45.7. The van der Waals surface area contributed by atoms with Crippen molar-refractivity contribution in [1.29, 1.82) is 0 Å². The van der Waals surface area contributed by atoms with Crippen LogP contribution in [-0.2, 0) is 20.4 Å². The molecule has 16 rings (SSSR count). The Hall–Kier alpha value is -1.30. The summed E-state index contributed by atoms with van der Waals surface area (Å²) in [5, 5.41) is 18.4. The first-order valence-corrected chi connectivity index (χ1v) is 82.2. The monoisotopic (exact) mass is 2480 g/mol. The van der Waals surface area contributed by atoms with Gasteiger partial charge in [0, 0.05) is 88.0 Å². The Labute approximate surface area is 949 Å². The number of nitrogens with one attached hydrogen (secondary N) is 2. The standard InChI is InChI=1S/C26H18N2S2.C13H10NO.C13H13NO.C12H11NO.C7H9NO.C6H5Br.C5H5N.10C2H6.CH14P10.CH13P9.CH3.ClH.Na.Pd.H/c1-3-11-19(12-4-1)27-21-15-7-9-17-23(21)29-25(27)26-28(20-13-5-2-6-14-20)22-16-8-10-18-24(22)30-26;1-2-6-11(7-3-1)14-10-15-13-9-5-4-8-12(13)14;1-15-13-10-6-5-9-12(13)14-11-7-3-2-4-8-11;14-12-9-5-4-8-11(12)13-10-6-2-1-3-7-10;1-9-7-5-3-2-4-6(7)8;7-6-4-2-1-3-5-6;1-2-4-6-5-3-1;10*1-2;1-8(9(3)4)11(7-2)10(5)6;1-7(8(2)3)10(6)9(4)5;;;;;/h1-18H;1-10H;2-10,14H,1H3;1-9,13-14H;2-5H,8H2,1H3;1-5H;1-5H;10*1-2H3;7H,2-6H2,1H3;2-6H2,1H3;1H3;1H;;;/q;+1;;;;;;;;;;;;;;;;;;-1;;+1;;-1/b26-25+;;;;;;;;;;;;;;;;;;;;;;;. The summed E-state index contributed by atoms with van der Waals surface area (Å²) in [7, 11) is 34.5. The average molecular weight is 2480 g/mol. The number of nitrogens with zero attached hydrogens (tertiary/aromatic N) is 4. The fourth-order valence-corrected chi connectivity index (χ4v) is 128. The number of phenols is 1. The number of oxazole rings is 1. The van der Waals surface area contributed by atoms with Crippen molar-refractivity contribution in [3.63, 3.8) is 0 Å². The number of nitrogen functional groups attached to an aromatic ring is 1. The van der Waals surface area contributed by atoms with Gasteiger partial charge in [-0.25, -0.2) is 0 Å². The van der Waals surface area contributed by atoms with Gasteiger partial charge in [-0.1, -0.05) is 374 Å². The summed E-state index contributed by atoms with van der Waals surface area (Å²) >= 11 is 7.01. The Kier molecular flexibility index (Phi) is 110. The fourth-order valence-electron chi connectivity index (χ4n) is 10.4. The number of aromatic nitrogens is 2. The summed E-state index contributed by atoms with van der Waals surface area (Å²) in [6.07, 6.45) is 5.24. The minimum atomic E-state index is 0. The van der Waals surface area contributed by atoms with Gasteiger partial charge in [-0.3, -0.25) is 4.98 Å². The molecule has 2 aliphatic heterocycles. The maximum atomic E-state index is 9.51. The second-order valence-corrected chi connectivity index (χ2v) is 96.7. The van der Waals surface area contributed by atoms with E-state index in [1.807, 2.05) is 373 Å². The van der Waals surface area contributed by atoms with E-state index < -0.39 is 0 Å². The molecule has 15 atom stereocenters. The molecule has 774 valence electrons. The molecule has 12 aromatic carbocycles. The van der Waals surface area contributed by atoms with E-state index in [-0.39, 0.29) is 119 Å². The van der Waals surface area contributed by atoms with Gasteiger partial charge in [0.15, 0.2) is 0 Å². The Morgan fingerprint density at radius 2 is 0.745 bits per heavy atom. The number of rotatable bonds is 16. The zero-order chi connectivity index (χ0) is 104. The van der Waals surface area contributed by atoms with Crippen molar-refractivity contribution in [2.75, 3.05) is 53.7 Å². The van der Waals surface area contributed by atoms with Crippen LogP contribution >= 0.6 is 206 Å². The van der Waals surface area contributed by atoms with Crippen LogP contribution in [0.15, 0.2) is 393 Å². The maximum absolute atomic E-state index is 9.51. The molecule has 0 radical (unpaired) electrons. The molecule has 0 bridgehead atoms. The SMILES string of the molecule is Brc1ccccc1.CC.CC.CC.CC.CC.CC.CC.CC.CC.CC.COc1ccccc1N.COc1ccccc1Nc1ccccc1.CP(P(P)P)P(P)P(P)P.CP(P(P)P)P(PP)P(P)P.Cl.Oc1ccccc1Nc1ccccc1.[CH3-].[H-].[Na+].[Pd].c1ccc(-[n+]2coc3ccccc32)cc1.c1ccc(N2/C(=C3\Sc4ccccc4N3c3ccccc3)Sc3ccccc32)cc1.c1ccncc1. The number of methoxy groups -OCH3 is 2. The number of phenolic OH excluding ortho intramolecular Hbond substituents is 1. The summed E-state index contributed by atoms with van der Waals surface area (Å²) in [5.41, 5.74) is 17.9. The van der Waals surface area contributed by atoms with E-state index in [0.717, 1.165) is 63.5 Å². The van der Waals surface area contributed by atoms with Crippen LogP contribution in [0.4, 0.5) is 51.2 Å². The molecular weight excluding hydrogens is 2320 g/mol. The molecule has 14 aromatic rings. The molecule has 2 aromatic heterocycles. The topological polar surface area (TPSA) is 125 Å². The van der Waals surface area contributed by atoms with E-state index in [0.29, 0.717) is 20.0 Å². The number of nitrogens with two attached hydrogens (primary N) is 1. The Bertz CT molecular complexity index is 5080. The van der Waals surface area contributed by atoms with E-state index in [9.17, 15) is 5.11 Å². The van der Waals surface area contributed by atoms with Crippen molar-refractivity contribution in [1.82, 2.24) is 4.98 Å². The van der Waals surface area contributed by atoms with Crippen LogP contribution < -0.4 is 69.8 Å². The zero-order valence-corrected chi connectivity index (χ0v) is 115. The van der Waals surface area contributed by atoms with Gasteiger partial charge >= 0.3 is 36.0 Å². The number of para-hydroxylation sites is 15. The fraction of sp³-hybridized carbons (Fsp3) is 0.229. The van der Waals surface area contributed by atoms with Crippen LogP contribution in [0.25, 0.3) is 16.8 Å². The van der Waals surface area contributed by atoms with Gasteiger partial charge in [0.2, 0.25) is 11.3 Å². The van der Waals surface area contributed by atoms with E-state index in [4.69, 9.17) is 19.6 Å². The van der Waals surface area contributed by atoms with Crippen molar-refractivity contribution in [3.8, 4) is 22.9 Å². The molecule has 0 saturated heterocycles. The first-order chi connectivity index (χ1) is 66.8.